The number of nitrogens with two attached hydrogens (primary N) is 2. The molecule has 0 radical (unpaired) electrons. The number of anilines is 2. The van der Waals surface area contributed by atoms with E-state index < -0.39 is 0 Å². The molecule has 5 heterocycles. The van der Waals surface area contributed by atoms with Crippen LogP contribution < -0.4 is 16.4 Å². The predicted molar refractivity (Wildman–Crippen MR) is 154 cm³/mol. The molecule has 39 heavy (non-hydrogen) atoms. The van der Waals surface area contributed by atoms with E-state index in [2.05, 4.69) is 11.8 Å². The van der Waals surface area contributed by atoms with E-state index in [0.717, 1.165) is 53.6 Å². The Morgan fingerprint density at radius 2 is 1.90 bits per heavy atom. The zero-order valence-corrected chi connectivity index (χ0v) is 23.5. The van der Waals surface area contributed by atoms with Gasteiger partial charge in [-0.15, -0.1) is 0 Å². The molecule has 9 nitrogen and oxygen atoms in total. The normalized spacial score (nSPS) is 20.8. The van der Waals surface area contributed by atoms with Gasteiger partial charge in [0.05, 0.1) is 35.7 Å². The molecule has 2 atom stereocenters. The number of hydrogen-bond donors (Lipinski definition) is 3. The fourth-order valence-corrected chi connectivity index (χ4v) is 6.78. The number of piperidine rings is 1. The van der Waals surface area contributed by atoms with Crippen LogP contribution in [-0.4, -0.2) is 56.3 Å². The third kappa shape index (κ3) is 4.74. The number of aliphatic hydroxyl groups excluding tert-OH is 1. The van der Waals surface area contributed by atoms with Crippen molar-refractivity contribution in [3.63, 3.8) is 0 Å². The van der Waals surface area contributed by atoms with Crippen molar-refractivity contribution in [1.29, 1.82) is 0 Å². The highest BCUT2D eigenvalue weighted by molar-refractivity contribution is 7.99. The number of nitrogens with zero attached hydrogens (tertiary/aromatic N) is 5. The van der Waals surface area contributed by atoms with Gasteiger partial charge in [0.25, 0.3) is 0 Å². The molecule has 0 saturated carbocycles. The van der Waals surface area contributed by atoms with Gasteiger partial charge in [-0.2, -0.15) is 0 Å². The number of aliphatic hydroxyl groups is 1. The lowest BCUT2D eigenvalue weighted by Gasteiger charge is -2.42. The first kappa shape index (κ1) is 26.3. The summed E-state index contributed by atoms with van der Waals surface area (Å²) in [6.07, 6.45) is 5.82. The standard InChI is InChI=1S/C28H32ClN7O2S/c1-16-27(34-21(14-37)25(32-16)35-11-8-28(9-12-35)15-38-17(2)24(28)31)39-22-7-10-36-13-20(33-26(36)23(22)29)18-3-5-19(30)6-4-18/h3-7,10,13,17,24,37H,8-9,11-12,14-15,30-31H2,1-2H3/t17-,24+/m0/s1. The Kier molecular flexibility index (Phi) is 6.93. The summed E-state index contributed by atoms with van der Waals surface area (Å²) in [6, 6.07) is 9.58. The van der Waals surface area contributed by atoms with E-state index in [4.69, 9.17) is 42.8 Å². The van der Waals surface area contributed by atoms with Gasteiger partial charge in [0, 0.05) is 53.1 Å². The zero-order chi connectivity index (χ0) is 27.3. The van der Waals surface area contributed by atoms with Crippen molar-refractivity contribution in [3.8, 4) is 11.3 Å². The largest absolute Gasteiger partial charge is 0.399 e. The third-order valence-corrected chi connectivity index (χ3v) is 9.70. The first-order chi connectivity index (χ1) is 18.8. The first-order valence-electron chi connectivity index (χ1n) is 13.1. The van der Waals surface area contributed by atoms with Gasteiger partial charge in [0.15, 0.2) is 11.5 Å². The average Bonchev–Trinajstić information content (AvgIpc) is 3.50. The number of aromatic nitrogens is 4. The van der Waals surface area contributed by atoms with Gasteiger partial charge in [0.1, 0.15) is 10.7 Å². The van der Waals surface area contributed by atoms with Crippen LogP contribution in [0.3, 0.4) is 0 Å². The summed E-state index contributed by atoms with van der Waals surface area (Å²) in [5, 5.41) is 11.4. The summed E-state index contributed by atoms with van der Waals surface area (Å²) in [7, 11) is 0. The molecule has 2 fully saturated rings. The molecule has 2 aliphatic heterocycles. The fourth-order valence-electron chi connectivity index (χ4n) is 5.59. The second-order valence-corrected chi connectivity index (χ2v) is 11.9. The van der Waals surface area contributed by atoms with Crippen LogP contribution in [0, 0.1) is 12.3 Å². The second kappa shape index (κ2) is 10.3. The van der Waals surface area contributed by atoms with E-state index in [1.807, 2.05) is 54.0 Å². The number of halogens is 1. The van der Waals surface area contributed by atoms with Gasteiger partial charge in [0.2, 0.25) is 0 Å². The van der Waals surface area contributed by atoms with Crippen LogP contribution in [0.25, 0.3) is 16.9 Å². The molecule has 1 aromatic carbocycles. The third-order valence-electron chi connectivity index (χ3n) is 8.08. The van der Waals surface area contributed by atoms with Crippen LogP contribution >= 0.6 is 23.4 Å². The van der Waals surface area contributed by atoms with Crippen molar-refractivity contribution >= 4 is 40.5 Å². The smallest absolute Gasteiger partial charge is 0.157 e. The van der Waals surface area contributed by atoms with Crippen molar-refractivity contribution in [1.82, 2.24) is 19.4 Å². The summed E-state index contributed by atoms with van der Waals surface area (Å²) in [5.74, 6) is 0.734. The molecule has 0 bridgehead atoms. The average molecular weight is 566 g/mol. The molecule has 6 rings (SSSR count). The minimum Gasteiger partial charge on any atom is -0.399 e. The van der Waals surface area contributed by atoms with E-state index in [1.54, 1.807) is 0 Å². The molecular formula is C28H32ClN7O2S. The minimum atomic E-state index is -0.199. The number of rotatable bonds is 5. The van der Waals surface area contributed by atoms with E-state index in [-0.39, 0.29) is 24.2 Å². The number of aryl methyl sites for hydroxylation is 1. The lowest BCUT2D eigenvalue weighted by Crippen LogP contribution is -2.51. The lowest BCUT2D eigenvalue weighted by atomic mass is 9.73. The Hall–Kier alpha value is -2.89. The molecule has 204 valence electrons. The van der Waals surface area contributed by atoms with Crippen molar-refractivity contribution < 1.29 is 9.84 Å². The summed E-state index contributed by atoms with van der Waals surface area (Å²) < 4.78 is 7.77. The van der Waals surface area contributed by atoms with E-state index in [0.29, 0.717) is 33.7 Å². The number of fused-ring (bicyclic) bond motifs is 1. The molecule has 4 aromatic rings. The Labute approximate surface area is 236 Å². The zero-order valence-electron chi connectivity index (χ0n) is 22.0. The second-order valence-electron chi connectivity index (χ2n) is 10.5. The Morgan fingerprint density at radius 1 is 1.15 bits per heavy atom. The number of pyridine rings is 1. The quantitative estimate of drug-likeness (QED) is 0.303. The van der Waals surface area contributed by atoms with Crippen LogP contribution in [0.1, 0.15) is 31.2 Å². The topological polar surface area (TPSA) is 128 Å². The maximum absolute atomic E-state index is 10.2. The van der Waals surface area contributed by atoms with Crippen molar-refractivity contribution in [3.05, 3.63) is 59.1 Å². The Balaban J connectivity index is 1.24. The minimum absolute atomic E-state index is 0.0174. The monoisotopic (exact) mass is 565 g/mol. The van der Waals surface area contributed by atoms with E-state index in [9.17, 15) is 5.11 Å². The number of nitrogen functional groups attached to an aromatic ring is 1. The van der Waals surface area contributed by atoms with Crippen LogP contribution in [-0.2, 0) is 11.3 Å². The molecular weight excluding hydrogens is 534 g/mol. The molecule has 3 aromatic heterocycles. The van der Waals surface area contributed by atoms with Gasteiger partial charge in [-0.25, -0.2) is 15.0 Å². The Bertz CT molecular complexity index is 1520. The van der Waals surface area contributed by atoms with Crippen LogP contribution in [0.15, 0.2) is 52.6 Å². The summed E-state index contributed by atoms with van der Waals surface area (Å²) in [4.78, 5) is 17.5. The van der Waals surface area contributed by atoms with Crippen molar-refractivity contribution in [2.45, 2.75) is 55.4 Å². The SMILES string of the molecule is Cc1nc(N2CCC3(CC2)CO[C@@H](C)[C@H]3N)c(CO)nc1Sc1ccn2cc(-c3ccc(N)cc3)nc2c1Cl. The molecule has 5 N–H and O–H groups in total. The van der Waals surface area contributed by atoms with Crippen LogP contribution in [0.4, 0.5) is 11.5 Å². The fraction of sp³-hybridized carbons (Fsp3) is 0.393. The maximum Gasteiger partial charge on any atom is 0.157 e. The summed E-state index contributed by atoms with van der Waals surface area (Å²) >= 11 is 8.25. The molecule has 0 amide bonds. The number of ether oxygens (including phenoxy) is 1. The molecule has 2 aliphatic rings. The van der Waals surface area contributed by atoms with Gasteiger partial charge < -0.3 is 30.6 Å². The lowest BCUT2D eigenvalue weighted by molar-refractivity contribution is 0.0973. The molecule has 0 aliphatic carbocycles. The van der Waals surface area contributed by atoms with E-state index >= 15 is 0 Å². The predicted octanol–water partition coefficient (Wildman–Crippen LogP) is 4.31. The molecule has 2 saturated heterocycles. The molecule has 1 spiro atoms. The number of imidazole rings is 1. The van der Waals surface area contributed by atoms with Gasteiger partial charge >= 0.3 is 0 Å². The molecule has 0 unspecified atom stereocenters. The number of hydrogen-bond acceptors (Lipinski definition) is 9. The van der Waals surface area contributed by atoms with Gasteiger partial charge in [-0.05, 0) is 44.9 Å². The summed E-state index contributed by atoms with van der Waals surface area (Å²) in [5.41, 5.74) is 16.8. The Morgan fingerprint density at radius 3 is 2.56 bits per heavy atom. The summed E-state index contributed by atoms with van der Waals surface area (Å²) in [6.45, 7) is 6.10. The number of benzene rings is 1. The highest BCUT2D eigenvalue weighted by atomic mass is 35.5. The van der Waals surface area contributed by atoms with Crippen LogP contribution in [0.2, 0.25) is 5.02 Å². The van der Waals surface area contributed by atoms with Crippen molar-refractivity contribution in [2.75, 3.05) is 30.3 Å². The van der Waals surface area contributed by atoms with Gasteiger partial charge in [-0.3, -0.25) is 0 Å². The van der Waals surface area contributed by atoms with E-state index in [1.165, 1.54) is 11.8 Å². The highest BCUT2D eigenvalue weighted by Crippen LogP contribution is 2.43. The highest BCUT2D eigenvalue weighted by Gasteiger charge is 2.47. The molecule has 11 heteroatoms. The van der Waals surface area contributed by atoms with Crippen LogP contribution in [0.5, 0.6) is 0 Å². The first-order valence-corrected chi connectivity index (χ1v) is 14.3. The maximum atomic E-state index is 10.2. The van der Waals surface area contributed by atoms with Crippen molar-refractivity contribution in [2.24, 2.45) is 11.1 Å². The van der Waals surface area contributed by atoms with Gasteiger partial charge in [-0.1, -0.05) is 35.5 Å².